The molecule has 0 saturated carbocycles. The lowest BCUT2D eigenvalue weighted by atomic mass is 10.1. The quantitative estimate of drug-likeness (QED) is 0.0410. The number of nitrogens with one attached hydrogen (secondary N) is 1. The number of esters is 2. The topological polar surface area (TPSA) is 109 Å². The highest BCUT2D eigenvalue weighted by Crippen LogP contribution is 2.24. The molecule has 0 amide bonds. The predicted molar refractivity (Wildman–Crippen MR) is 141 cm³/mol. The second-order valence-electron chi connectivity index (χ2n) is 9.06. The predicted octanol–water partition coefficient (Wildman–Crippen LogP) is 6.56. The van der Waals surface area contributed by atoms with Gasteiger partial charge in [-0.15, -0.1) is 4.52 Å². The van der Waals surface area contributed by atoms with Crippen LogP contribution in [-0.2, 0) is 37.7 Å². The van der Waals surface area contributed by atoms with Crippen molar-refractivity contribution in [2.24, 2.45) is 0 Å². The van der Waals surface area contributed by atoms with E-state index in [2.05, 4.69) is 23.8 Å². The van der Waals surface area contributed by atoms with E-state index in [-0.39, 0.29) is 38.2 Å². The van der Waals surface area contributed by atoms with Gasteiger partial charge in [0, 0.05) is 24.0 Å². The average molecular weight is 537 g/mol. The van der Waals surface area contributed by atoms with Crippen LogP contribution in [0.15, 0.2) is 0 Å². The first-order valence-electron chi connectivity index (χ1n) is 13.9. The standard InChI is InChI=1S/C26H51NO8P/c1-4-6-8-10-12-14-16-18-25(28)31-22-24(23-33-36(30)35-32-21-20-27-3)34-26(29)19-17-15-13-11-9-7-5-2/h24,27H,4-23H2,1-3H3/q+1. The molecule has 0 aromatic heterocycles. The maximum atomic E-state index is 12.3. The van der Waals surface area contributed by atoms with Crippen molar-refractivity contribution in [1.29, 1.82) is 0 Å². The number of likely N-dealkylation sites (N-methyl/N-ethyl adjacent to an activating group) is 1. The van der Waals surface area contributed by atoms with Crippen LogP contribution in [-0.4, -0.2) is 51.5 Å². The van der Waals surface area contributed by atoms with Crippen LogP contribution in [0.5, 0.6) is 0 Å². The van der Waals surface area contributed by atoms with Crippen molar-refractivity contribution in [3.63, 3.8) is 0 Å². The third-order valence-corrected chi connectivity index (χ3v) is 6.20. The van der Waals surface area contributed by atoms with Gasteiger partial charge in [0.05, 0.1) is 11.3 Å². The van der Waals surface area contributed by atoms with Gasteiger partial charge in [0.2, 0.25) is 0 Å². The van der Waals surface area contributed by atoms with Crippen LogP contribution in [0.1, 0.15) is 117 Å². The van der Waals surface area contributed by atoms with Crippen molar-refractivity contribution >= 4 is 20.2 Å². The number of unbranched alkanes of at least 4 members (excludes halogenated alkanes) is 12. The molecule has 0 aromatic rings. The largest absolute Gasteiger partial charge is 0.728 e. The van der Waals surface area contributed by atoms with Crippen LogP contribution < -0.4 is 5.32 Å². The Morgan fingerprint density at radius 2 is 1.28 bits per heavy atom. The number of hydrogen-bond acceptors (Lipinski definition) is 9. The molecule has 0 heterocycles. The van der Waals surface area contributed by atoms with Gasteiger partial charge in [0.25, 0.3) is 0 Å². The first kappa shape index (κ1) is 34.9. The number of ether oxygens (including phenoxy) is 2. The van der Waals surface area contributed by atoms with E-state index in [9.17, 15) is 14.2 Å². The van der Waals surface area contributed by atoms with Gasteiger partial charge < -0.3 is 14.8 Å². The van der Waals surface area contributed by atoms with E-state index in [1.807, 2.05) is 0 Å². The lowest BCUT2D eigenvalue weighted by Crippen LogP contribution is -2.29. The molecule has 0 radical (unpaired) electrons. The Kier molecular flexibility index (Phi) is 26.1. The average Bonchev–Trinajstić information content (AvgIpc) is 2.87. The first-order valence-corrected chi connectivity index (χ1v) is 15.0. The first-order chi connectivity index (χ1) is 17.5. The zero-order valence-electron chi connectivity index (χ0n) is 22.9. The maximum absolute atomic E-state index is 12.3. The van der Waals surface area contributed by atoms with Crippen molar-refractivity contribution in [1.82, 2.24) is 5.32 Å². The number of rotatable bonds is 27. The second-order valence-corrected chi connectivity index (χ2v) is 9.91. The molecule has 2 unspecified atom stereocenters. The molecule has 0 fully saturated rings. The Hall–Kier alpha value is -1.12. The molecule has 10 heteroatoms. The highest BCUT2D eigenvalue weighted by molar-refractivity contribution is 7.33. The molecule has 0 aliphatic carbocycles. The van der Waals surface area contributed by atoms with E-state index in [0.29, 0.717) is 13.0 Å². The molecule has 0 aliphatic rings. The SMILES string of the molecule is CCCCCCCCCC(=O)OCC(CO[P+](=O)OOCCNC)OC(=O)CCCCCCCCC. The van der Waals surface area contributed by atoms with Crippen LogP contribution >= 0.6 is 8.25 Å². The van der Waals surface area contributed by atoms with Gasteiger partial charge in [-0.1, -0.05) is 90.9 Å². The van der Waals surface area contributed by atoms with E-state index >= 15 is 0 Å². The van der Waals surface area contributed by atoms with Gasteiger partial charge in [0.15, 0.2) is 6.10 Å². The fourth-order valence-corrected chi connectivity index (χ4v) is 3.95. The summed E-state index contributed by atoms with van der Waals surface area (Å²) in [5, 5.41) is 2.86. The van der Waals surface area contributed by atoms with Crippen molar-refractivity contribution < 1.29 is 37.7 Å². The van der Waals surface area contributed by atoms with Crippen molar-refractivity contribution in [2.45, 2.75) is 123 Å². The second kappa shape index (κ2) is 26.9. The normalized spacial score (nSPS) is 12.4. The summed E-state index contributed by atoms with van der Waals surface area (Å²) in [6, 6.07) is 0. The molecule has 0 rings (SSSR count). The molecule has 0 aliphatic heterocycles. The van der Waals surface area contributed by atoms with Crippen LogP contribution in [0.2, 0.25) is 0 Å². The van der Waals surface area contributed by atoms with Gasteiger partial charge in [-0.25, -0.2) is 0 Å². The Bertz CT molecular complexity index is 550. The Morgan fingerprint density at radius 3 is 1.83 bits per heavy atom. The van der Waals surface area contributed by atoms with Crippen LogP contribution in [0.4, 0.5) is 0 Å². The highest BCUT2D eigenvalue weighted by atomic mass is 31.1. The summed E-state index contributed by atoms with van der Waals surface area (Å²) in [4.78, 5) is 29.2. The summed E-state index contributed by atoms with van der Waals surface area (Å²) in [6.45, 7) is 4.72. The van der Waals surface area contributed by atoms with Crippen molar-refractivity contribution in [2.75, 3.05) is 33.4 Å². The van der Waals surface area contributed by atoms with E-state index in [0.717, 1.165) is 38.5 Å². The summed E-state index contributed by atoms with van der Waals surface area (Å²) >= 11 is 0. The maximum Gasteiger partial charge on any atom is 0.728 e. The minimum atomic E-state index is -2.55. The molecule has 0 spiro atoms. The summed E-state index contributed by atoms with van der Waals surface area (Å²) < 4.78 is 32.3. The van der Waals surface area contributed by atoms with Gasteiger partial charge in [0.1, 0.15) is 13.2 Å². The summed E-state index contributed by atoms with van der Waals surface area (Å²) in [5.74, 6) is -0.727. The molecule has 2 atom stereocenters. The lowest BCUT2D eigenvalue weighted by molar-refractivity contribution is -0.208. The van der Waals surface area contributed by atoms with E-state index in [1.165, 1.54) is 51.4 Å². The molecule has 36 heavy (non-hydrogen) atoms. The molecule has 0 aromatic carbocycles. The van der Waals surface area contributed by atoms with Crippen LogP contribution in [0.25, 0.3) is 0 Å². The zero-order chi connectivity index (χ0) is 26.7. The molecule has 9 nitrogen and oxygen atoms in total. The molecular weight excluding hydrogens is 485 g/mol. The van der Waals surface area contributed by atoms with E-state index < -0.39 is 14.4 Å². The lowest BCUT2D eigenvalue weighted by Gasteiger charge is -2.15. The smallest absolute Gasteiger partial charge is 0.462 e. The van der Waals surface area contributed by atoms with Crippen LogP contribution in [0.3, 0.4) is 0 Å². The molecule has 212 valence electrons. The third kappa shape index (κ3) is 24.6. The molecular formula is C26H51NO8P+. The van der Waals surface area contributed by atoms with Crippen LogP contribution in [0, 0.1) is 0 Å². The Balaban J connectivity index is 4.34. The summed E-state index contributed by atoms with van der Waals surface area (Å²) in [6.07, 6.45) is 15.2. The highest BCUT2D eigenvalue weighted by Gasteiger charge is 2.27. The monoisotopic (exact) mass is 536 g/mol. The van der Waals surface area contributed by atoms with Crippen molar-refractivity contribution in [3.05, 3.63) is 0 Å². The Labute approximate surface area is 219 Å². The van der Waals surface area contributed by atoms with Gasteiger partial charge in [-0.2, -0.15) is 4.89 Å². The minimum Gasteiger partial charge on any atom is -0.462 e. The fraction of sp³-hybridized carbons (Fsp3) is 0.923. The zero-order valence-corrected chi connectivity index (χ0v) is 23.8. The minimum absolute atomic E-state index is 0.151. The van der Waals surface area contributed by atoms with E-state index in [4.69, 9.17) is 18.9 Å². The number of carbonyl (C=O) groups is 2. The molecule has 0 bridgehead atoms. The fourth-order valence-electron chi connectivity index (χ4n) is 3.46. The summed E-state index contributed by atoms with van der Waals surface area (Å²) in [7, 11) is -0.802. The molecule has 0 saturated heterocycles. The molecule has 1 N–H and O–H groups in total. The number of hydrogen-bond donors (Lipinski definition) is 1. The summed E-state index contributed by atoms with van der Waals surface area (Å²) in [5.41, 5.74) is 0. The third-order valence-electron chi connectivity index (χ3n) is 5.61. The van der Waals surface area contributed by atoms with E-state index in [1.54, 1.807) is 7.05 Å². The Morgan fingerprint density at radius 1 is 0.750 bits per heavy atom. The number of carbonyl (C=O) groups excluding carboxylic acids is 2. The van der Waals surface area contributed by atoms with Gasteiger partial charge >= 0.3 is 20.2 Å². The van der Waals surface area contributed by atoms with Gasteiger partial charge in [-0.3, -0.25) is 9.59 Å². The van der Waals surface area contributed by atoms with Gasteiger partial charge in [-0.05, 0) is 19.9 Å². The van der Waals surface area contributed by atoms with Crippen molar-refractivity contribution in [3.8, 4) is 0 Å².